The van der Waals surface area contributed by atoms with Gasteiger partial charge in [0.05, 0.1) is 22.8 Å². The zero-order valence-corrected chi connectivity index (χ0v) is 22.6. The molecule has 35 heavy (non-hydrogen) atoms. The minimum atomic E-state index is -0.646. The van der Waals surface area contributed by atoms with Gasteiger partial charge in [-0.25, -0.2) is 4.79 Å². The fourth-order valence-electron chi connectivity index (χ4n) is 3.27. The number of aromatic nitrogens is 2. The molecule has 2 aromatic heterocycles. The molecule has 0 fully saturated rings. The van der Waals surface area contributed by atoms with Gasteiger partial charge in [0.15, 0.2) is 6.61 Å². The summed E-state index contributed by atoms with van der Waals surface area (Å²) in [6.45, 7) is 1.76. The summed E-state index contributed by atoms with van der Waals surface area (Å²) >= 11 is 13.9. The number of esters is 1. The molecule has 13 heteroatoms. The molecule has 4 aromatic rings. The van der Waals surface area contributed by atoms with Crippen LogP contribution in [0.25, 0.3) is 10.2 Å². The van der Waals surface area contributed by atoms with E-state index in [-0.39, 0.29) is 11.4 Å². The Balaban J connectivity index is 1.44. The fraction of sp³-hybridized carbons (Fsp3) is 0.136. The summed E-state index contributed by atoms with van der Waals surface area (Å²) in [7, 11) is 0. The largest absolute Gasteiger partial charge is 0.451 e. The first kappa shape index (κ1) is 25.3. The van der Waals surface area contributed by atoms with Gasteiger partial charge in [-0.2, -0.15) is 5.10 Å². The van der Waals surface area contributed by atoms with Crippen LogP contribution in [0.15, 0.2) is 51.4 Å². The zero-order valence-electron chi connectivity index (χ0n) is 17.9. The number of hydrogen-bond acceptors (Lipinski definition) is 7. The van der Waals surface area contributed by atoms with Crippen molar-refractivity contribution in [1.82, 2.24) is 9.78 Å². The van der Waals surface area contributed by atoms with Crippen LogP contribution in [-0.2, 0) is 16.1 Å². The molecule has 1 amide bonds. The molecule has 0 saturated heterocycles. The van der Waals surface area contributed by atoms with E-state index in [0.29, 0.717) is 25.4 Å². The Morgan fingerprint density at radius 1 is 1.23 bits per heavy atom. The summed E-state index contributed by atoms with van der Waals surface area (Å²) in [4.78, 5) is 36.5. The van der Waals surface area contributed by atoms with Gasteiger partial charge in [0.25, 0.3) is 11.6 Å². The molecule has 4 rings (SSSR count). The molecule has 2 aromatic carbocycles. The summed E-state index contributed by atoms with van der Waals surface area (Å²) in [6, 6.07) is 11.7. The molecule has 180 valence electrons. The molecule has 0 aliphatic rings. The third-order valence-electron chi connectivity index (χ3n) is 4.92. The minimum absolute atomic E-state index is 0.152. The number of thiophene rings is 1. The number of amides is 1. The van der Waals surface area contributed by atoms with E-state index >= 15 is 0 Å². The maximum atomic E-state index is 12.6. The lowest BCUT2D eigenvalue weighted by Crippen LogP contribution is -2.21. The average Bonchev–Trinajstić information content (AvgIpc) is 3.37. The van der Waals surface area contributed by atoms with Crippen LogP contribution in [0.3, 0.4) is 0 Å². The van der Waals surface area contributed by atoms with Crippen LogP contribution < -0.4 is 5.32 Å². The molecule has 0 unspecified atom stereocenters. The Bertz CT molecular complexity index is 1460. The molecule has 0 saturated carbocycles. The van der Waals surface area contributed by atoms with Gasteiger partial charge >= 0.3 is 5.97 Å². The highest BCUT2D eigenvalue weighted by Crippen LogP contribution is 2.35. The lowest BCUT2D eigenvalue weighted by Gasteiger charge is -2.10. The normalized spacial score (nSPS) is 11.0. The lowest BCUT2D eigenvalue weighted by molar-refractivity contribution is -0.385. The van der Waals surface area contributed by atoms with Crippen molar-refractivity contribution in [2.45, 2.75) is 13.5 Å². The highest BCUT2D eigenvalue weighted by molar-refractivity contribution is 9.11. The van der Waals surface area contributed by atoms with E-state index in [4.69, 9.17) is 16.3 Å². The molecule has 9 nitrogen and oxygen atoms in total. The highest BCUT2D eigenvalue weighted by atomic mass is 79.9. The van der Waals surface area contributed by atoms with Gasteiger partial charge in [-0.15, -0.1) is 11.3 Å². The predicted octanol–water partition coefficient (Wildman–Crippen LogP) is 6.34. The van der Waals surface area contributed by atoms with Crippen molar-refractivity contribution < 1.29 is 19.2 Å². The molecular formula is C22H15Br2ClN4O5S. The Morgan fingerprint density at radius 3 is 2.57 bits per heavy atom. The van der Waals surface area contributed by atoms with E-state index < -0.39 is 23.4 Å². The first-order chi connectivity index (χ1) is 16.6. The molecule has 0 aliphatic heterocycles. The second-order valence-corrected chi connectivity index (χ2v) is 10.5. The Kier molecular flexibility index (Phi) is 7.55. The van der Waals surface area contributed by atoms with Gasteiger partial charge in [-0.3, -0.25) is 19.6 Å². The van der Waals surface area contributed by atoms with E-state index in [9.17, 15) is 19.7 Å². The van der Waals surface area contributed by atoms with E-state index in [1.54, 1.807) is 16.8 Å². The lowest BCUT2D eigenvalue weighted by atomic mass is 10.2. The molecule has 0 aliphatic carbocycles. The SMILES string of the molecule is Cc1nn(Cc2ccccc2Cl)c2sc(C(=O)OCC(=O)Nc3c(Br)cc([N+](=O)[O-])cc3Br)cc12. The van der Waals surface area contributed by atoms with Crippen LogP contribution in [0, 0.1) is 17.0 Å². The maximum Gasteiger partial charge on any atom is 0.348 e. The number of hydrogen-bond donors (Lipinski definition) is 1. The number of non-ortho nitro benzene ring substituents is 1. The summed E-state index contributed by atoms with van der Waals surface area (Å²) in [6.07, 6.45) is 0. The van der Waals surface area contributed by atoms with Crippen molar-refractivity contribution in [1.29, 1.82) is 0 Å². The topological polar surface area (TPSA) is 116 Å². The number of halogens is 3. The molecule has 0 spiro atoms. The number of nitrogens with one attached hydrogen (secondary N) is 1. The molecule has 0 radical (unpaired) electrons. The van der Waals surface area contributed by atoms with Crippen LogP contribution in [0.5, 0.6) is 0 Å². The van der Waals surface area contributed by atoms with Gasteiger partial charge < -0.3 is 10.1 Å². The van der Waals surface area contributed by atoms with Crippen molar-refractivity contribution in [3.8, 4) is 0 Å². The molecule has 1 N–H and O–H groups in total. The number of nitro benzene ring substituents is 1. The Labute approximate surface area is 224 Å². The van der Waals surface area contributed by atoms with Crippen LogP contribution in [0.4, 0.5) is 11.4 Å². The van der Waals surface area contributed by atoms with Gasteiger partial charge in [0, 0.05) is 31.5 Å². The molecule has 0 bridgehead atoms. The second kappa shape index (κ2) is 10.4. The van der Waals surface area contributed by atoms with Crippen molar-refractivity contribution in [2.24, 2.45) is 0 Å². The number of fused-ring (bicyclic) bond motifs is 1. The van der Waals surface area contributed by atoms with Crippen LogP contribution in [0.1, 0.15) is 20.9 Å². The third-order valence-corrected chi connectivity index (χ3v) is 7.67. The number of carbonyl (C=O) groups excluding carboxylic acids is 2. The first-order valence-electron chi connectivity index (χ1n) is 9.94. The highest BCUT2D eigenvalue weighted by Gasteiger charge is 2.20. The van der Waals surface area contributed by atoms with Crippen molar-refractivity contribution in [2.75, 3.05) is 11.9 Å². The summed E-state index contributed by atoms with van der Waals surface area (Å²) in [5.41, 5.74) is 1.79. The van der Waals surface area contributed by atoms with Crippen LogP contribution in [0.2, 0.25) is 5.02 Å². The van der Waals surface area contributed by atoms with Crippen molar-refractivity contribution >= 4 is 88.3 Å². The van der Waals surface area contributed by atoms with Gasteiger partial charge in [0.1, 0.15) is 9.71 Å². The minimum Gasteiger partial charge on any atom is -0.451 e. The monoisotopic (exact) mass is 640 g/mol. The summed E-state index contributed by atoms with van der Waals surface area (Å²) in [5.74, 6) is -1.25. The molecule has 2 heterocycles. The van der Waals surface area contributed by atoms with Gasteiger partial charge in [-0.05, 0) is 56.5 Å². The molecule has 0 atom stereocenters. The third kappa shape index (κ3) is 5.56. The van der Waals surface area contributed by atoms with Crippen LogP contribution >= 0.6 is 54.8 Å². The van der Waals surface area contributed by atoms with E-state index in [0.717, 1.165) is 21.5 Å². The predicted molar refractivity (Wildman–Crippen MR) is 140 cm³/mol. The number of anilines is 1. The number of ether oxygens (including phenoxy) is 1. The van der Waals surface area contributed by atoms with Crippen molar-refractivity contribution in [3.05, 3.63) is 82.7 Å². The zero-order chi connectivity index (χ0) is 25.3. The van der Waals surface area contributed by atoms with Crippen molar-refractivity contribution in [3.63, 3.8) is 0 Å². The summed E-state index contributed by atoms with van der Waals surface area (Å²) < 4.78 is 7.58. The Hall–Kier alpha value is -2.80. The number of aryl methyl sites for hydroxylation is 1. The van der Waals surface area contributed by atoms with Gasteiger partial charge in [0.2, 0.25) is 0 Å². The number of benzene rings is 2. The second-order valence-electron chi connectivity index (χ2n) is 7.33. The number of rotatable bonds is 7. The van der Waals surface area contributed by atoms with Crippen LogP contribution in [-0.4, -0.2) is 33.2 Å². The van der Waals surface area contributed by atoms with E-state index in [1.165, 1.54) is 23.5 Å². The smallest absolute Gasteiger partial charge is 0.348 e. The maximum absolute atomic E-state index is 12.6. The quantitative estimate of drug-likeness (QED) is 0.143. The fourth-order valence-corrected chi connectivity index (χ4v) is 5.88. The number of carbonyl (C=O) groups is 2. The first-order valence-corrected chi connectivity index (χ1v) is 12.7. The number of nitrogens with zero attached hydrogens (tertiary/aromatic N) is 3. The number of nitro groups is 1. The van der Waals surface area contributed by atoms with Gasteiger partial charge in [-0.1, -0.05) is 29.8 Å². The standard InChI is InChI=1S/C22H15Br2ClN4O5S/c1-11-14-8-18(35-21(14)28(27-11)9-12-4-2-3-5-17(12)25)22(31)34-10-19(30)26-20-15(23)6-13(29(32)33)7-16(20)24/h2-8H,9-10H2,1H3,(H,26,30). The Morgan fingerprint density at radius 2 is 1.91 bits per heavy atom. The summed E-state index contributed by atoms with van der Waals surface area (Å²) in [5, 5.41) is 19.5. The van der Waals surface area contributed by atoms with E-state index in [1.807, 2.05) is 25.1 Å². The average molecular weight is 643 g/mol. The molecular weight excluding hydrogens is 628 g/mol. The van der Waals surface area contributed by atoms with E-state index in [2.05, 4.69) is 42.3 Å².